The molecular weight excluding hydrogens is 294 g/mol. The molecule has 1 aliphatic heterocycles. The number of aromatic nitrogens is 1. The minimum atomic E-state index is -0.257. The summed E-state index contributed by atoms with van der Waals surface area (Å²) in [5.41, 5.74) is 1.30. The number of nitrogens with zero attached hydrogens (tertiary/aromatic N) is 2. The van der Waals surface area contributed by atoms with E-state index in [0.29, 0.717) is 18.7 Å². The van der Waals surface area contributed by atoms with Crippen LogP contribution in [0.3, 0.4) is 0 Å². The number of rotatable bonds is 3. The normalized spacial score (nSPS) is 14.7. The molecule has 0 radical (unpaired) electrons. The number of H-pyrrole nitrogens is 1. The third-order valence-corrected chi connectivity index (χ3v) is 4.03. The summed E-state index contributed by atoms with van der Waals surface area (Å²) in [6.07, 6.45) is 1.50. The molecule has 23 heavy (non-hydrogen) atoms. The van der Waals surface area contributed by atoms with Crippen molar-refractivity contribution in [3.63, 3.8) is 0 Å². The first kappa shape index (κ1) is 15.1. The van der Waals surface area contributed by atoms with Gasteiger partial charge in [-0.1, -0.05) is 0 Å². The fraction of sp³-hybridized carbons (Fsp3) is 0.294. The van der Waals surface area contributed by atoms with Crippen LogP contribution < -0.4 is 15.2 Å². The summed E-state index contributed by atoms with van der Waals surface area (Å²) in [6.45, 7) is 2.80. The number of ether oxygens (including phenoxy) is 1. The smallest absolute Gasteiger partial charge is 0.254 e. The van der Waals surface area contributed by atoms with E-state index in [2.05, 4.69) is 9.88 Å². The van der Waals surface area contributed by atoms with Crippen LogP contribution >= 0.6 is 0 Å². The lowest BCUT2D eigenvalue weighted by molar-refractivity contribution is 0.0746. The summed E-state index contributed by atoms with van der Waals surface area (Å²) < 4.78 is 5.16. The maximum Gasteiger partial charge on any atom is 0.254 e. The molecule has 6 nitrogen and oxygen atoms in total. The maximum atomic E-state index is 12.4. The Kier molecular flexibility index (Phi) is 4.32. The summed E-state index contributed by atoms with van der Waals surface area (Å²) in [4.78, 5) is 30.3. The Balaban J connectivity index is 1.63. The quantitative estimate of drug-likeness (QED) is 0.929. The van der Waals surface area contributed by atoms with Crippen molar-refractivity contribution in [1.29, 1.82) is 0 Å². The molecule has 1 N–H and O–H groups in total. The fourth-order valence-electron chi connectivity index (χ4n) is 2.72. The summed E-state index contributed by atoms with van der Waals surface area (Å²) in [5, 5.41) is 0. The van der Waals surface area contributed by atoms with E-state index < -0.39 is 0 Å². The van der Waals surface area contributed by atoms with Gasteiger partial charge in [0.25, 0.3) is 5.91 Å². The highest BCUT2D eigenvalue weighted by atomic mass is 16.5. The fourth-order valence-corrected chi connectivity index (χ4v) is 2.72. The van der Waals surface area contributed by atoms with Crippen LogP contribution in [-0.2, 0) is 0 Å². The highest BCUT2D eigenvalue weighted by molar-refractivity contribution is 5.94. The number of hydrogen-bond donors (Lipinski definition) is 1. The van der Waals surface area contributed by atoms with Gasteiger partial charge in [0.05, 0.1) is 7.11 Å². The molecule has 1 aromatic carbocycles. The molecular formula is C17H19N3O3. The second kappa shape index (κ2) is 6.56. The Bertz CT molecular complexity index is 731. The van der Waals surface area contributed by atoms with Gasteiger partial charge in [-0.2, -0.15) is 0 Å². The van der Waals surface area contributed by atoms with Crippen LogP contribution in [0.25, 0.3) is 0 Å². The Morgan fingerprint density at radius 2 is 1.78 bits per heavy atom. The third kappa shape index (κ3) is 3.36. The van der Waals surface area contributed by atoms with Crippen LogP contribution in [0.15, 0.2) is 47.4 Å². The van der Waals surface area contributed by atoms with Gasteiger partial charge in [-0.25, -0.2) is 0 Å². The zero-order valence-corrected chi connectivity index (χ0v) is 13.0. The SMILES string of the molecule is COc1ccc(N2CCN(C(=O)c3cc[nH]c(=O)c3)CC2)cc1. The van der Waals surface area contributed by atoms with Gasteiger partial charge in [0, 0.05) is 49.7 Å². The lowest BCUT2D eigenvalue weighted by Gasteiger charge is -2.36. The van der Waals surface area contributed by atoms with Crippen LogP contribution in [0.1, 0.15) is 10.4 Å². The lowest BCUT2D eigenvalue weighted by atomic mass is 10.2. The number of anilines is 1. The number of methoxy groups -OCH3 is 1. The zero-order chi connectivity index (χ0) is 16.2. The average Bonchev–Trinajstić information content (AvgIpc) is 2.61. The molecule has 0 atom stereocenters. The van der Waals surface area contributed by atoms with Crippen LogP contribution in [0.5, 0.6) is 5.75 Å². The van der Waals surface area contributed by atoms with E-state index in [4.69, 9.17) is 4.74 Å². The molecule has 1 aromatic heterocycles. The Morgan fingerprint density at radius 3 is 2.39 bits per heavy atom. The van der Waals surface area contributed by atoms with Crippen molar-refractivity contribution in [3.05, 3.63) is 58.5 Å². The van der Waals surface area contributed by atoms with Gasteiger partial charge in [-0.15, -0.1) is 0 Å². The predicted octanol–water partition coefficient (Wildman–Crippen LogP) is 1.35. The maximum absolute atomic E-state index is 12.4. The molecule has 1 fully saturated rings. The molecule has 1 aliphatic rings. The first-order valence-corrected chi connectivity index (χ1v) is 7.54. The summed E-state index contributed by atoms with van der Waals surface area (Å²) >= 11 is 0. The topological polar surface area (TPSA) is 65.6 Å². The van der Waals surface area contributed by atoms with Gasteiger partial charge in [0.1, 0.15) is 5.75 Å². The van der Waals surface area contributed by atoms with Crippen molar-refractivity contribution in [2.24, 2.45) is 0 Å². The molecule has 6 heteroatoms. The van der Waals surface area contributed by atoms with Crippen LogP contribution in [0, 0.1) is 0 Å². The number of benzene rings is 1. The van der Waals surface area contributed by atoms with Crippen molar-refractivity contribution in [2.45, 2.75) is 0 Å². The predicted molar refractivity (Wildman–Crippen MR) is 88.2 cm³/mol. The Labute approximate surface area is 134 Å². The van der Waals surface area contributed by atoms with Crippen molar-refractivity contribution < 1.29 is 9.53 Å². The van der Waals surface area contributed by atoms with Gasteiger partial charge in [0.2, 0.25) is 5.56 Å². The first-order chi connectivity index (χ1) is 11.2. The molecule has 0 bridgehead atoms. The number of nitrogens with one attached hydrogen (secondary N) is 1. The second-order valence-corrected chi connectivity index (χ2v) is 5.42. The van der Waals surface area contributed by atoms with Crippen LogP contribution in [0.4, 0.5) is 5.69 Å². The first-order valence-electron chi connectivity index (χ1n) is 7.54. The van der Waals surface area contributed by atoms with E-state index in [1.165, 1.54) is 12.3 Å². The van der Waals surface area contributed by atoms with Gasteiger partial charge in [-0.3, -0.25) is 9.59 Å². The number of carbonyl (C=O) groups is 1. The van der Waals surface area contributed by atoms with Crippen molar-refractivity contribution >= 4 is 11.6 Å². The molecule has 1 saturated heterocycles. The van der Waals surface area contributed by atoms with Gasteiger partial charge in [0.15, 0.2) is 0 Å². The average molecular weight is 313 g/mol. The molecule has 0 saturated carbocycles. The molecule has 0 unspecified atom stereocenters. The Hall–Kier alpha value is -2.76. The summed E-state index contributed by atoms with van der Waals surface area (Å²) in [6, 6.07) is 10.9. The van der Waals surface area contributed by atoms with E-state index in [-0.39, 0.29) is 11.5 Å². The minimum absolute atomic E-state index is 0.0921. The van der Waals surface area contributed by atoms with E-state index in [1.807, 2.05) is 24.3 Å². The second-order valence-electron chi connectivity index (χ2n) is 5.42. The van der Waals surface area contributed by atoms with Gasteiger partial charge >= 0.3 is 0 Å². The lowest BCUT2D eigenvalue weighted by Crippen LogP contribution is -2.48. The number of aromatic amines is 1. The van der Waals surface area contributed by atoms with Crippen molar-refractivity contribution in [2.75, 3.05) is 38.2 Å². The number of pyridine rings is 1. The molecule has 2 heterocycles. The van der Waals surface area contributed by atoms with Crippen LogP contribution in [-0.4, -0.2) is 49.1 Å². The van der Waals surface area contributed by atoms with Crippen molar-refractivity contribution in [3.8, 4) is 5.75 Å². The molecule has 2 aromatic rings. The van der Waals surface area contributed by atoms with Gasteiger partial charge in [-0.05, 0) is 30.3 Å². The van der Waals surface area contributed by atoms with Crippen molar-refractivity contribution in [1.82, 2.24) is 9.88 Å². The molecule has 0 aliphatic carbocycles. The highest BCUT2D eigenvalue weighted by Crippen LogP contribution is 2.20. The number of piperazine rings is 1. The molecule has 3 rings (SSSR count). The Morgan fingerprint density at radius 1 is 1.09 bits per heavy atom. The van der Waals surface area contributed by atoms with E-state index in [1.54, 1.807) is 18.1 Å². The molecule has 1 amide bonds. The summed E-state index contributed by atoms with van der Waals surface area (Å²) in [5.74, 6) is 0.738. The summed E-state index contributed by atoms with van der Waals surface area (Å²) in [7, 11) is 1.65. The number of amides is 1. The van der Waals surface area contributed by atoms with E-state index in [0.717, 1.165) is 24.5 Å². The largest absolute Gasteiger partial charge is 0.497 e. The highest BCUT2D eigenvalue weighted by Gasteiger charge is 2.22. The monoisotopic (exact) mass is 313 g/mol. The van der Waals surface area contributed by atoms with E-state index in [9.17, 15) is 9.59 Å². The molecule has 0 spiro atoms. The van der Waals surface area contributed by atoms with Gasteiger partial charge < -0.3 is 19.5 Å². The molecule has 120 valence electrons. The standard InChI is InChI=1S/C17H19N3O3/c1-23-15-4-2-14(3-5-15)19-8-10-20(11-9-19)17(22)13-6-7-18-16(21)12-13/h2-7,12H,8-11H2,1H3,(H,18,21). The number of carbonyl (C=O) groups excluding carboxylic acids is 1. The van der Waals surface area contributed by atoms with Crippen LogP contribution in [0.2, 0.25) is 0 Å². The number of hydrogen-bond acceptors (Lipinski definition) is 4. The van der Waals surface area contributed by atoms with E-state index >= 15 is 0 Å². The zero-order valence-electron chi connectivity index (χ0n) is 13.0. The third-order valence-electron chi connectivity index (χ3n) is 4.03. The minimum Gasteiger partial charge on any atom is -0.497 e.